The lowest BCUT2D eigenvalue weighted by molar-refractivity contribution is 0.0628. The van der Waals surface area contributed by atoms with Crippen LogP contribution in [-0.4, -0.2) is 60.4 Å². The minimum atomic E-state index is -3.63. The maximum Gasteiger partial charge on any atom is 0.253 e. The maximum atomic E-state index is 13.2. The first-order chi connectivity index (χ1) is 18.2. The fourth-order valence-electron chi connectivity index (χ4n) is 4.60. The van der Waals surface area contributed by atoms with E-state index in [9.17, 15) is 18.3 Å². The molecule has 38 heavy (non-hydrogen) atoms. The van der Waals surface area contributed by atoms with Gasteiger partial charge >= 0.3 is 0 Å². The van der Waals surface area contributed by atoms with E-state index in [0.29, 0.717) is 54.4 Å². The molecule has 0 bridgehead atoms. The molecule has 7 nitrogen and oxygen atoms in total. The first-order valence-corrected chi connectivity index (χ1v) is 14.5. The fourth-order valence-corrected chi connectivity index (χ4v) is 6.58. The number of sulfone groups is 1. The van der Waals surface area contributed by atoms with E-state index in [0.717, 1.165) is 10.9 Å². The largest absolute Gasteiger partial charge is 0.506 e. The Balaban J connectivity index is 1.21. The van der Waals surface area contributed by atoms with Gasteiger partial charge in [-0.05, 0) is 47.5 Å². The smallest absolute Gasteiger partial charge is 0.253 e. The highest BCUT2D eigenvalue weighted by Gasteiger charge is 2.24. The standard InChI is InChI=1S/C28H25Cl2N3O4S/c29-23-16-24(30)25(34)15-22(23)17-32-11-13-33(14-12-32)28(35)21-8-6-19(7-9-21)18-38(36,37)26-5-1-3-20-4-2-10-31-27(20)26/h1-10,15-16,34H,11-14,17-18H2. The summed E-state index contributed by atoms with van der Waals surface area (Å²) < 4.78 is 26.3. The van der Waals surface area contributed by atoms with Crippen LogP contribution in [0.25, 0.3) is 10.9 Å². The zero-order chi connectivity index (χ0) is 26.9. The average Bonchev–Trinajstić information content (AvgIpc) is 2.91. The molecule has 1 fully saturated rings. The number of nitrogens with zero attached hydrogens (tertiary/aromatic N) is 3. The number of fused-ring (bicyclic) bond motifs is 1. The molecule has 4 aromatic rings. The highest BCUT2D eigenvalue weighted by atomic mass is 35.5. The molecule has 1 N–H and O–H groups in total. The molecule has 0 radical (unpaired) electrons. The number of piperazine rings is 1. The summed E-state index contributed by atoms with van der Waals surface area (Å²) in [6.45, 7) is 2.93. The number of rotatable bonds is 6. The molecule has 0 saturated carbocycles. The summed E-state index contributed by atoms with van der Waals surface area (Å²) in [7, 11) is -3.63. The van der Waals surface area contributed by atoms with E-state index in [4.69, 9.17) is 23.2 Å². The number of phenols is 1. The molecular weight excluding hydrogens is 545 g/mol. The molecule has 5 rings (SSSR count). The highest BCUT2D eigenvalue weighted by molar-refractivity contribution is 7.90. The molecule has 196 valence electrons. The van der Waals surface area contributed by atoms with Crippen molar-refractivity contribution >= 4 is 49.8 Å². The van der Waals surface area contributed by atoms with Crippen molar-refractivity contribution in [1.82, 2.24) is 14.8 Å². The van der Waals surface area contributed by atoms with Crippen LogP contribution in [0, 0.1) is 0 Å². The minimum Gasteiger partial charge on any atom is -0.506 e. The molecule has 0 unspecified atom stereocenters. The third kappa shape index (κ3) is 5.63. The van der Waals surface area contributed by atoms with Gasteiger partial charge in [0.25, 0.3) is 5.91 Å². The van der Waals surface area contributed by atoms with Gasteiger partial charge in [0.15, 0.2) is 9.84 Å². The van der Waals surface area contributed by atoms with Crippen molar-refractivity contribution in [1.29, 1.82) is 0 Å². The molecule has 3 aromatic carbocycles. The van der Waals surface area contributed by atoms with Crippen LogP contribution in [0.2, 0.25) is 10.0 Å². The van der Waals surface area contributed by atoms with Crippen molar-refractivity contribution in [2.45, 2.75) is 17.2 Å². The summed E-state index contributed by atoms with van der Waals surface area (Å²) in [6, 6.07) is 18.6. The number of benzene rings is 3. The Kier molecular flexibility index (Phi) is 7.59. The first-order valence-electron chi connectivity index (χ1n) is 12.1. The van der Waals surface area contributed by atoms with E-state index in [1.165, 1.54) is 6.07 Å². The van der Waals surface area contributed by atoms with Crippen LogP contribution >= 0.6 is 23.2 Å². The second-order valence-electron chi connectivity index (χ2n) is 9.25. The predicted molar refractivity (Wildman–Crippen MR) is 148 cm³/mol. The van der Waals surface area contributed by atoms with Crippen LogP contribution in [-0.2, 0) is 22.1 Å². The average molecular weight is 570 g/mol. The summed E-state index contributed by atoms with van der Waals surface area (Å²) in [5, 5.41) is 11.3. The number of halogens is 2. The van der Waals surface area contributed by atoms with Crippen LogP contribution in [0.15, 0.2) is 77.8 Å². The molecule has 1 amide bonds. The number of phenolic OH excluding ortho intramolecular Hbond substituents is 1. The van der Waals surface area contributed by atoms with Crippen molar-refractivity contribution in [3.05, 3.63) is 99.7 Å². The molecule has 0 spiro atoms. The van der Waals surface area contributed by atoms with Crippen molar-refractivity contribution in [3.8, 4) is 5.75 Å². The topological polar surface area (TPSA) is 90.8 Å². The number of hydrogen-bond acceptors (Lipinski definition) is 6. The van der Waals surface area contributed by atoms with Crippen LogP contribution in [0.4, 0.5) is 0 Å². The van der Waals surface area contributed by atoms with Crippen molar-refractivity contribution in [3.63, 3.8) is 0 Å². The number of amides is 1. The SMILES string of the molecule is O=C(c1ccc(CS(=O)(=O)c2cccc3cccnc23)cc1)N1CCN(Cc2cc(O)c(Cl)cc2Cl)CC1. The second kappa shape index (κ2) is 10.9. The molecule has 0 aliphatic carbocycles. The zero-order valence-corrected chi connectivity index (χ0v) is 22.7. The number of carbonyl (C=O) groups is 1. The number of aromatic nitrogens is 1. The third-order valence-corrected chi connectivity index (χ3v) is 9.03. The molecule has 10 heteroatoms. The number of aromatic hydroxyl groups is 1. The minimum absolute atomic E-state index is 0.00934. The fraction of sp³-hybridized carbons (Fsp3) is 0.214. The Labute approximate surface area is 231 Å². The lowest BCUT2D eigenvalue weighted by atomic mass is 10.1. The molecule has 1 aliphatic rings. The van der Waals surface area contributed by atoms with Gasteiger partial charge in [-0.25, -0.2) is 8.42 Å². The molecule has 1 saturated heterocycles. The van der Waals surface area contributed by atoms with Gasteiger partial charge in [-0.3, -0.25) is 14.7 Å². The van der Waals surface area contributed by atoms with Gasteiger partial charge in [0.05, 0.1) is 21.2 Å². The van der Waals surface area contributed by atoms with Gasteiger partial charge in [-0.1, -0.05) is 53.5 Å². The van der Waals surface area contributed by atoms with Gasteiger partial charge in [0, 0.05) is 54.9 Å². The number of hydrogen-bond donors (Lipinski definition) is 1. The van der Waals surface area contributed by atoms with E-state index >= 15 is 0 Å². The third-order valence-electron chi connectivity index (χ3n) is 6.66. The molecule has 1 aromatic heterocycles. The van der Waals surface area contributed by atoms with E-state index in [1.54, 1.807) is 59.6 Å². The van der Waals surface area contributed by atoms with E-state index < -0.39 is 9.84 Å². The summed E-state index contributed by atoms with van der Waals surface area (Å²) >= 11 is 12.2. The van der Waals surface area contributed by atoms with Crippen LogP contribution in [0.1, 0.15) is 21.5 Å². The monoisotopic (exact) mass is 569 g/mol. The van der Waals surface area contributed by atoms with Crippen LogP contribution < -0.4 is 0 Å². The van der Waals surface area contributed by atoms with Crippen molar-refractivity contribution < 1.29 is 18.3 Å². The first kappa shape index (κ1) is 26.4. The predicted octanol–water partition coefficient (Wildman–Crippen LogP) is 5.18. The molecule has 1 aliphatic heterocycles. The zero-order valence-electron chi connectivity index (χ0n) is 20.3. The van der Waals surface area contributed by atoms with Crippen LogP contribution in [0.3, 0.4) is 0 Å². The van der Waals surface area contributed by atoms with Crippen molar-refractivity contribution in [2.75, 3.05) is 26.2 Å². The lowest BCUT2D eigenvalue weighted by Gasteiger charge is -2.35. The van der Waals surface area contributed by atoms with Crippen molar-refractivity contribution in [2.24, 2.45) is 0 Å². The van der Waals surface area contributed by atoms with Gasteiger partial charge in [0.2, 0.25) is 0 Å². The number of pyridine rings is 1. The van der Waals surface area contributed by atoms with Gasteiger partial charge < -0.3 is 10.0 Å². The molecule has 2 heterocycles. The summed E-state index contributed by atoms with van der Waals surface area (Å²) in [5.74, 6) is -0.289. The van der Waals surface area contributed by atoms with Gasteiger partial charge in [0.1, 0.15) is 5.75 Å². The number of para-hydroxylation sites is 1. The van der Waals surface area contributed by atoms with E-state index in [1.807, 2.05) is 12.1 Å². The Morgan fingerprint density at radius 1 is 0.921 bits per heavy atom. The molecular formula is C28H25Cl2N3O4S. The van der Waals surface area contributed by atoms with Crippen LogP contribution in [0.5, 0.6) is 5.75 Å². The second-order valence-corrected chi connectivity index (χ2v) is 12.0. The van der Waals surface area contributed by atoms with Gasteiger partial charge in [-0.2, -0.15) is 0 Å². The maximum absolute atomic E-state index is 13.2. The Morgan fingerprint density at radius 3 is 2.37 bits per heavy atom. The summed E-state index contributed by atoms with van der Waals surface area (Å²) in [5.41, 5.74) is 2.34. The Hall–Kier alpha value is -3.17. The molecule has 0 atom stereocenters. The normalized spacial score (nSPS) is 14.6. The Morgan fingerprint density at radius 2 is 1.63 bits per heavy atom. The van der Waals surface area contributed by atoms with E-state index in [2.05, 4.69) is 9.88 Å². The summed E-state index contributed by atoms with van der Waals surface area (Å²) in [6.07, 6.45) is 1.58. The summed E-state index contributed by atoms with van der Waals surface area (Å²) in [4.78, 5) is 21.5. The quantitative estimate of drug-likeness (QED) is 0.344. The van der Waals surface area contributed by atoms with E-state index in [-0.39, 0.29) is 27.3 Å². The lowest BCUT2D eigenvalue weighted by Crippen LogP contribution is -2.48. The van der Waals surface area contributed by atoms with Gasteiger partial charge in [-0.15, -0.1) is 0 Å². The Bertz CT molecular complexity index is 1600. The number of carbonyl (C=O) groups excluding carboxylic acids is 1. The highest BCUT2D eigenvalue weighted by Crippen LogP contribution is 2.31.